The molecule has 0 unspecified atom stereocenters. The van der Waals surface area contributed by atoms with Crippen LogP contribution in [0, 0.1) is 0 Å². The third-order valence-corrected chi connectivity index (χ3v) is 2.13. The molecule has 0 aliphatic rings. The van der Waals surface area contributed by atoms with Crippen molar-refractivity contribution in [2.75, 3.05) is 0 Å². The minimum atomic E-state index is 0. The van der Waals surface area contributed by atoms with Crippen LogP contribution in [0.25, 0.3) is 11.3 Å². The Balaban J connectivity index is 0.00000112. The lowest BCUT2D eigenvalue weighted by atomic mass is 10.1. The first-order valence-electron chi connectivity index (χ1n) is 4.60. The van der Waals surface area contributed by atoms with Crippen molar-refractivity contribution in [3.63, 3.8) is 0 Å². The van der Waals surface area contributed by atoms with Gasteiger partial charge in [-0.15, -0.1) is 24.8 Å². The van der Waals surface area contributed by atoms with Crippen molar-refractivity contribution >= 4 is 24.8 Å². The minimum absolute atomic E-state index is 0. The molecule has 4 heteroatoms. The highest BCUT2D eigenvalue weighted by atomic mass is 35.5. The molecule has 0 saturated heterocycles. The van der Waals surface area contributed by atoms with E-state index in [0.29, 0.717) is 6.54 Å². The smallest absolute Gasteiger partial charge is 0.0705 e. The monoisotopic (exact) mass is 256 g/mol. The summed E-state index contributed by atoms with van der Waals surface area (Å²) < 4.78 is 0. The minimum Gasteiger partial charge on any atom is -0.326 e. The van der Waals surface area contributed by atoms with Crippen LogP contribution in [0.15, 0.2) is 48.7 Å². The SMILES string of the molecule is Cl.Cl.NCc1ccnc(-c2ccccc2)c1. The summed E-state index contributed by atoms with van der Waals surface area (Å²) in [4.78, 5) is 4.30. The number of halogens is 2. The van der Waals surface area contributed by atoms with Gasteiger partial charge in [-0.1, -0.05) is 30.3 Å². The molecule has 2 nitrogen and oxygen atoms in total. The van der Waals surface area contributed by atoms with Crippen LogP contribution in [0.1, 0.15) is 5.56 Å². The zero-order valence-electron chi connectivity index (χ0n) is 8.67. The number of hydrogen-bond donors (Lipinski definition) is 1. The van der Waals surface area contributed by atoms with Crippen LogP contribution in [-0.2, 0) is 6.54 Å². The lowest BCUT2D eigenvalue weighted by molar-refractivity contribution is 1.06. The van der Waals surface area contributed by atoms with Crippen LogP contribution in [0.5, 0.6) is 0 Å². The fourth-order valence-corrected chi connectivity index (χ4v) is 1.37. The Labute approximate surface area is 108 Å². The Morgan fingerprint density at radius 1 is 1.00 bits per heavy atom. The van der Waals surface area contributed by atoms with Crippen molar-refractivity contribution in [1.29, 1.82) is 0 Å². The molecule has 0 bridgehead atoms. The van der Waals surface area contributed by atoms with Gasteiger partial charge in [0.05, 0.1) is 5.69 Å². The summed E-state index contributed by atoms with van der Waals surface area (Å²) in [5.74, 6) is 0. The van der Waals surface area contributed by atoms with Gasteiger partial charge in [-0.2, -0.15) is 0 Å². The standard InChI is InChI=1S/C12H12N2.2ClH/c13-9-10-6-7-14-12(8-10)11-4-2-1-3-5-11;;/h1-8H,9,13H2;2*1H. The van der Waals surface area contributed by atoms with Gasteiger partial charge in [-0.05, 0) is 17.7 Å². The molecule has 2 N–H and O–H groups in total. The van der Waals surface area contributed by atoms with Gasteiger partial charge >= 0.3 is 0 Å². The molecule has 0 amide bonds. The first-order valence-corrected chi connectivity index (χ1v) is 4.60. The number of pyridine rings is 1. The molecule has 2 rings (SSSR count). The molecule has 1 aromatic carbocycles. The van der Waals surface area contributed by atoms with Gasteiger partial charge in [0.15, 0.2) is 0 Å². The van der Waals surface area contributed by atoms with E-state index in [1.165, 1.54) is 0 Å². The normalized spacial score (nSPS) is 8.81. The third-order valence-electron chi connectivity index (χ3n) is 2.13. The molecule has 1 heterocycles. The topological polar surface area (TPSA) is 38.9 Å². The molecule has 0 saturated carbocycles. The predicted molar refractivity (Wildman–Crippen MR) is 72.1 cm³/mol. The Morgan fingerprint density at radius 3 is 2.31 bits per heavy atom. The number of nitrogens with zero attached hydrogens (tertiary/aromatic N) is 1. The van der Waals surface area contributed by atoms with E-state index in [0.717, 1.165) is 16.8 Å². The van der Waals surface area contributed by atoms with E-state index in [1.54, 1.807) is 6.20 Å². The van der Waals surface area contributed by atoms with Gasteiger partial charge < -0.3 is 5.73 Å². The van der Waals surface area contributed by atoms with Gasteiger partial charge in [0.25, 0.3) is 0 Å². The van der Waals surface area contributed by atoms with Gasteiger partial charge in [-0.25, -0.2) is 0 Å². The van der Waals surface area contributed by atoms with E-state index in [9.17, 15) is 0 Å². The number of benzene rings is 1. The van der Waals surface area contributed by atoms with Crippen LogP contribution >= 0.6 is 24.8 Å². The van der Waals surface area contributed by atoms with Crippen LogP contribution in [0.2, 0.25) is 0 Å². The molecule has 1 aromatic heterocycles. The maximum atomic E-state index is 5.57. The molecule has 0 aliphatic heterocycles. The molecule has 0 radical (unpaired) electrons. The fourth-order valence-electron chi connectivity index (χ4n) is 1.37. The summed E-state index contributed by atoms with van der Waals surface area (Å²) >= 11 is 0. The summed E-state index contributed by atoms with van der Waals surface area (Å²) in [6, 6.07) is 14.1. The summed E-state index contributed by atoms with van der Waals surface area (Å²) in [7, 11) is 0. The predicted octanol–water partition coefficient (Wildman–Crippen LogP) is 3.05. The maximum Gasteiger partial charge on any atom is 0.0705 e. The Morgan fingerprint density at radius 2 is 1.69 bits per heavy atom. The summed E-state index contributed by atoms with van der Waals surface area (Å²) in [5.41, 5.74) is 8.79. The highest BCUT2D eigenvalue weighted by molar-refractivity contribution is 5.85. The summed E-state index contributed by atoms with van der Waals surface area (Å²) in [5, 5.41) is 0. The lowest BCUT2D eigenvalue weighted by Crippen LogP contribution is -1.96. The first-order chi connectivity index (χ1) is 6.90. The van der Waals surface area contributed by atoms with Crippen molar-refractivity contribution in [2.24, 2.45) is 5.73 Å². The maximum absolute atomic E-state index is 5.57. The Bertz CT molecular complexity index is 418. The lowest BCUT2D eigenvalue weighted by Gasteiger charge is -2.02. The number of hydrogen-bond acceptors (Lipinski definition) is 2. The fraction of sp³-hybridized carbons (Fsp3) is 0.0833. The number of aromatic nitrogens is 1. The van der Waals surface area contributed by atoms with Crippen molar-refractivity contribution in [2.45, 2.75) is 6.54 Å². The highest BCUT2D eigenvalue weighted by Gasteiger charge is 1.98. The molecule has 0 atom stereocenters. The van der Waals surface area contributed by atoms with Crippen LogP contribution in [0.3, 0.4) is 0 Å². The van der Waals surface area contributed by atoms with E-state index in [2.05, 4.69) is 4.98 Å². The van der Waals surface area contributed by atoms with Crippen molar-refractivity contribution < 1.29 is 0 Å². The van der Waals surface area contributed by atoms with Crippen molar-refractivity contribution in [3.05, 3.63) is 54.2 Å². The van der Waals surface area contributed by atoms with Crippen molar-refractivity contribution in [3.8, 4) is 11.3 Å². The van der Waals surface area contributed by atoms with E-state index in [1.807, 2.05) is 42.5 Å². The Kier molecular flexibility index (Phi) is 6.74. The molecule has 0 aliphatic carbocycles. The largest absolute Gasteiger partial charge is 0.326 e. The van der Waals surface area contributed by atoms with Gasteiger partial charge in [0.2, 0.25) is 0 Å². The molecule has 86 valence electrons. The summed E-state index contributed by atoms with van der Waals surface area (Å²) in [6.45, 7) is 0.558. The second-order valence-electron chi connectivity index (χ2n) is 3.12. The van der Waals surface area contributed by atoms with Crippen LogP contribution < -0.4 is 5.73 Å². The van der Waals surface area contributed by atoms with E-state index in [4.69, 9.17) is 5.73 Å². The summed E-state index contributed by atoms with van der Waals surface area (Å²) in [6.07, 6.45) is 1.80. The van der Waals surface area contributed by atoms with E-state index >= 15 is 0 Å². The number of nitrogens with two attached hydrogens (primary N) is 1. The zero-order chi connectivity index (χ0) is 9.80. The average molecular weight is 257 g/mol. The third kappa shape index (κ3) is 3.49. The first kappa shape index (κ1) is 14.9. The van der Waals surface area contributed by atoms with Crippen molar-refractivity contribution in [1.82, 2.24) is 4.98 Å². The average Bonchev–Trinajstić information content (AvgIpc) is 2.30. The second kappa shape index (κ2) is 7.23. The molecular formula is C12H14Cl2N2. The molecule has 2 aromatic rings. The van der Waals surface area contributed by atoms with Gasteiger partial charge in [0.1, 0.15) is 0 Å². The quantitative estimate of drug-likeness (QED) is 0.898. The highest BCUT2D eigenvalue weighted by Crippen LogP contribution is 2.16. The van der Waals surface area contributed by atoms with Crippen LogP contribution in [0.4, 0.5) is 0 Å². The number of rotatable bonds is 2. The van der Waals surface area contributed by atoms with E-state index < -0.39 is 0 Å². The molecular weight excluding hydrogens is 243 g/mol. The molecule has 0 fully saturated rings. The molecule has 0 spiro atoms. The zero-order valence-corrected chi connectivity index (χ0v) is 10.3. The van der Waals surface area contributed by atoms with Gasteiger partial charge in [0, 0.05) is 18.3 Å². The van der Waals surface area contributed by atoms with E-state index in [-0.39, 0.29) is 24.8 Å². The molecule has 16 heavy (non-hydrogen) atoms. The second-order valence-corrected chi connectivity index (χ2v) is 3.12. The Hall–Kier alpha value is -1.09. The van der Waals surface area contributed by atoms with Crippen LogP contribution in [-0.4, -0.2) is 4.98 Å². The van der Waals surface area contributed by atoms with Gasteiger partial charge in [-0.3, -0.25) is 4.98 Å².